The van der Waals surface area contributed by atoms with Gasteiger partial charge >= 0.3 is 0 Å². The van der Waals surface area contributed by atoms with Crippen LogP contribution in [0.3, 0.4) is 0 Å². The Hall–Kier alpha value is -7.88. The topological polar surface area (TPSA) is 11.4 Å². The summed E-state index contributed by atoms with van der Waals surface area (Å²) >= 11 is 0. The molecule has 1 aromatic heterocycles. The molecule has 0 amide bonds. The quantitative estimate of drug-likeness (QED) is 0.168. The van der Waals surface area contributed by atoms with Gasteiger partial charge in [0.25, 0.3) is 0 Å². The Bertz CT molecular complexity index is 3390. The zero-order chi connectivity index (χ0) is 38.9. The minimum absolute atomic E-state index is 1.10. The standard InChI is InChI=1S/C56H37N3/c1-4-17-38(18-5-1)42-32-35-52(44-24-11-10-23-43(42)44)59(41-31-34-54-49(37-41)46-26-13-15-29-51(46)57(54)39-19-6-2-7-20-39)53-36-33-47-45-25-12-14-28-50(45)58(40-21-8-3-9-22-40)55-30-16-27-48(53)56(47)55/h1-37H. The van der Waals surface area contributed by atoms with Gasteiger partial charge in [0.2, 0.25) is 0 Å². The average Bonchev–Trinajstić information content (AvgIpc) is 3.64. The van der Waals surface area contributed by atoms with Gasteiger partial charge in [0.15, 0.2) is 0 Å². The number of benzene rings is 10. The summed E-state index contributed by atoms with van der Waals surface area (Å²) in [5, 5.41) is 7.28. The summed E-state index contributed by atoms with van der Waals surface area (Å²) in [6.07, 6.45) is 0. The van der Waals surface area contributed by atoms with Gasteiger partial charge in [0, 0.05) is 49.6 Å². The smallest absolute Gasteiger partial charge is 0.0547 e. The molecule has 0 fully saturated rings. The fraction of sp³-hybridized carbons (Fsp3) is 0. The minimum atomic E-state index is 1.10. The van der Waals surface area contributed by atoms with Crippen LogP contribution in [0.15, 0.2) is 224 Å². The van der Waals surface area contributed by atoms with Crippen LogP contribution >= 0.6 is 0 Å². The Morgan fingerprint density at radius 2 is 0.898 bits per heavy atom. The molecule has 0 unspecified atom stereocenters. The fourth-order valence-corrected chi connectivity index (χ4v) is 9.57. The van der Waals surface area contributed by atoms with Gasteiger partial charge in [0.1, 0.15) is 0 Å². The van der Waals surface area contributed by atoms with Gasteiger partial charge in [0.05, 0.1) is 33.8 Å². The van der Waals surface area contributed by atoms with E-state index in [0.29, 0.717) is 0 Å². The normalized spacial score (nSPS) is 12.0. The molecular weight excluding hydrogens is 715 g/mol. The predicted molar refractivity (Wildman–Crippen MR) is 250 cm³/mol. The van der Waals surface area contributed by atoms with E-state index in [1.165, 1.54) is 77.0 Å². The van der Waals surface area contributed by atoms with Crippen LogP contribution in [-0.4, -0.2) is 4.57 Å². The van der Waals surface area contributed by atoms with Gasteiger partial charge in [-0.3, -0.25) is 0 Å². The van der Waals surface area contributed by atoms with Gasteiger partial charge in [-0.1, -0.05) is 152 Å². The highest BCUT2D eigenvalue weighted by atomic mass is 15.2. The number of nitrogens with zero attached hydrogens (tertiary/aromatic N) is 3. The molecule has 59 heavy (non-hydrogen) atoms. The highest BCUT2D eigenvalue weighted by Gasteiger charge is 2.29. The largest absolute Gasteiger partial charge is 0.309 e. The van der Waals surface area contributed by atoms with Crippen LogP contribution in [0.5, 0.6) is 0 Å². The molecule has 0 atom stereocenters. The van der Waals surface area contributed by atoms with E-state index in [2.05, 4.69) is 239 Å². The van der Waals surface area contributed by atoms with Crippen molar-refractivity contribution >= 4 is 77.5 Å². The Morgan fingerprint density at radius 3 is 1.69 bits per heavy atom. The minimum Gasteiger partial charge on any atom is -0.309 e. The van der Waals surface area contributed by atoms with Crippen LogP contribution < -0.4 is 9.80 Å². The maximum atomic E-state index is 2.50. The molecule has 0 saturated carbocycles. The van der Waals surface area contributed by atoms with Crippen LogP contribution in [0, 0.1) is 0 Å². The number of aromatic nitrogens is 1. The number of fused-ring (bicyclic) bond motifs is 6. The second-order valence-corrected chi connectivity index (χ2v) is 15.3. The second kappa shape index (κ2) is 13.4. The van der Waals surface area contributed by atoms with E-state index in [9.17, 15) is 0 Å². The van der Waals surface area contributed by atoms with Crippen molar-refractivity contribution in [2.24, 2.45) is 0 Å². The third-order valence-corrected chi connectivity index (χ3v) is 12.1. The molecule has 276 valence electrons. The van der Waals surface area contributed by atoms with Crippen molar-refractivity contribution in [3.63, 3.8) is 0 Å². The first-order valence-corrected chi connectivity index (χ1v) is 20.3. The molecule has 2 heterocycles. The van der Waals surface area contributed by atoms with Crippen molar-refractivity contribution in [1.82, 2.24) is 4.57 Å². The monoisotopic (exact) mass is 751 g/mol. The molecular formula is C56H37N3. The molecule has 0 aliphatic carbocycles. The lowest BCUT2D eigenvalue weighted by Crippen LogP contribution is -2.16. The van der Waals surface area contributed by atoms with E-state index in [4.69, 9.17) is 0 Å². The highest BCUT2D eigenvalue weighted by Crippen LogP contribution is 2.54. The maximum absolute atomic E-state index is 2.50. The molecule has 12 rings (SSSR count). The molecule has 3 nitrogen and oxygen atoms in total. The van der Waals surface area contributed by atoms with Gasteiger partial charge in [-0.2, -0.15) is 0 Å². The lowest BCUT2D eigenvalue weighted by molar-refractivity contribution is 1.18. The molecule has 1 aliphatic heterocycles. The summed E-state index contributed by atoms with van der Waals surface area (Å²) in [7, 11) is 0. The third-order valence-electron chi connectivity index (χ3n) is 12.1. The van der Waals surface area contributed by atoms with Crippen molar-refractivity contribution in [2.75, 3.05) is 9.80 Å². The molecule has 1 aliphatic rings. The van der Waals surface area contributed by atoms with E-state index >= 15 is 0 Å². The van der Waals surface area contributed by atoms with Crippen LogP contribution in [0.4, 0.5) is 34.1 Å². The first-order valence-electron chi connectivity index (χ1n) is 20.3. The van der Waals surface area contributed by atoms with Crippen molar-refractivity contribution in [2.45, 2.75) is 0 Å². The predicted octanol–water partition coefficient (Wildman–Crippen LogP) is 15.7. The van der Waals surface area contributed by atoms with E-state index in [1.807, 2.05) is 0 Å². The zero-order valence-electron chi connectivity index (χ0n) is 32.2. The molecule has 3 heteroatoms. The lowest BCUT2D eigenvalue weighted by Gasteiger charge is -2.35. The van der Waals surface area contributed by atoms with Crippen LogP contribution in [0.1, 0.15) is 0 Å². The summed E-state index contributed by atoms with van der Waals surface area (Å²) in [5.41, 5.74) is 15.3. The van der Waals surface area contributed by atoms with Gasteiger partial charge in [-0.05, 0) is 94.9 Å². The SMILES string of the molecule is c1ccc(-c2ccc(N(c3ccc4c(c3)c3ccccc3n4-c3ccccc3)c3ccc4c5c(cccc35)N(c3ccccc3)c3ccccc3-4)c3ccccc23)cc1. The summed E-state index contributed by atoms with van der Waals surface area (Å²) in [4.78, 5) is 4.93. The van der Waals surface area contributed by atoms with Gasteiger partial charge in [-0.15, -0.1) is 0 Å². The summed E-state index contributed by atoms with van der Waals surface area (Å²) in [6.45, 7) is 0. The van der Waals surface area contributed by atoms with Crippen LogP contribution in [0.25, 0.3) is 71.3 Å². The number of anilines is 6. The number of rotatable bonds is 6. The van der Waals surface area contributed by atoms with Crippen LogP contribution in [-0.2, 0) is 0 Å². The summed E-state index contributed by atoms with van der Waals surface area (Å²) in [6, 6.07) is 81.8. The molecule has 0 saturated heterocycles. The van der Waals surface area contributed by atoms with Gasteiger partial charge in [-0.25, -0.2) is 0 Å². The van der Waals surface area contributed by atoms with E-state index in [1.54, 1.807) is 0 Å². The summed E-state index contributed by atoms with van der Waals surface area (Å²) in [5.74, 6) is 0. The van der Waals surface area contributed by atoms with E-state index in [-0.39, 0.29) is 0 Å². The van der Waals surface area contributed by atoms with Crippen molar-refractivity contribution in [3.05, 3.63) is 224 Å². The van der Waals surface area contributed by atoms with E-state index < -0.39 is 0 Å². The third kappa shape index (κ3) is 5.15. The molecule has 0 radical (unpaired) electrons. The first-order chi connectivity index (χ1) is 29.3. The Kier molecular flexibility index (Phi) is 7.54. The van der Waals surface area contributed by atoms with E-state index in [0.717, 1.165) is 28.4 Å². The fourth-order valence-electron chi connectivity index (χ4n) is 9.57. The average molecular weight is 752 g/mol. The summed E-state index contributed by atoms with van der Waals surface area (Å²) < 4.78 is 2.39. The lowest BCUT2D eigenvalue weighted by atomic mass is 9.89. The molecule has 0 spiro atoms. The van der Waals surface area contributed by atoms with Gasteiger partial charge < -0.3 is 14.4 Å². The van der Waals surface area contributed by atoms with Crippen molar-refractivity contribution in [3.8, 4) is 27.9 Å². The molecule has 10 aromatic carbocycles. The molecule has 0 N–H and O–H groups in total. The van der Waals surface area contributed by atoms with Crippen molar-refractivity contribution < 1.29 is 0 Å². The Balaban J connectivity index is 1.16. The van der Waals surface area contributed by atoms with Crippen molar-refractivity contribution in [1.29, 1.82) is 0 Å². The van der Waals surface area contributed by atoms with Crippen LogP contribution in [0.2, 0.25) is 0 Å². The number of hydrogen-bond donors (Lipinski definition) is 0. The second-order valence-electron chi connectivity index (χ2n) is 15.3. The maximum Gasteiger partial charge on any atom is 0.0547 e. The zero-order valence-corrected chi connectivity index (χ0v) is 32.2. The number of hydrogen-bond acceptors (Lipinski definition) is 2. The molecule has 0 bridgehead atoms. The Morgan fingerprint density at radius 1 is 0.322 bits per heavy atom. The highest BCUT2D eigenvalue weighted by molar-refractivity contribution is 6.19. The first kappa shape index (κ1) is 33.3. The number of para-hydroxylation sites is 4. The Labute approximate surface area is 342 Å². The molecule has 11 aromatic rings.